The zero-order valence-electron chi connectivity index (χ0n) is 13.1. The molecule has 13 heteroatoms. The van der Waals surface area contributed by atoms with E-state index in [9.17, 15) is 14.8 Å². The fraction of sp³-hybridized carbons (Fsp3) is 0.583. The van der Waals surface area contributed by atoms with Crippen molar-refractivity contribution in [3.8, 4) is 6.01 Å². The fourth-order valence-electron chi connectivity index (χ4n) is 2.76. The van der Waals surface area contributed by atoms with Crippen LogP contribution in [0.3, 0.4) is 0 Å². The summed E-state index contributed by atoms with van der Waals surface area (Å²) in [6.45, 7) is 0. The molecule has 1 fully saturated rings. The van der Waals surface area contributed by atoms with Crippen LogP contribution in [0.15, 0.2) is 6.33 Å². The molecule has 0 amide bonds. The third kappa shape index (κ3) is 3.32. The van der Waals surface area contributed by atoms with E-state index in [2.05, 4.69) is 15.0 Å². The topological polar surface area (TPSA) is 186 Å². The summed E-state index contributed by atoms with van der Waals surface area (Å²) in [6, 6.07) is 0.0362. The summed E-state index contributed by atoms with van der Waals surface area (Å²) in [5, 5.41) is 20.5. The predicted molar refractivity (Wildman–Crippen MR) is 83.7 cm³/mol. The number of nitrogen functional groups attached to an aromatic ring is 1. The number of methoxy groups -OCH3 is 1. The minimum Gasteiger partial charge on any atom is -0.468 e. The number of fused-ring (bicyclic) bond motifs is 1. The smallest absolute Gasteiger partial charge is 0.325 e. The van der Waals surface area contributed by atoms with Gasteiger partial charge in [-0.05, 0) is 6.42 Å². The molecule has 138 valence electrons. The van der Waals surface area contributed by atoms with Gasteiger partial charge in [-0.2, -0.15) is 4.98 Å². The van der Waals surface area contributed by atoms with Gasteiger partial charge in [0.05, 0.1) is 19.4 Å². The van der Waals surface area contributed by atoms with E-state index in [1.807, 2.05) is 0 Å². The molecule has 1 saturated heterocycles. The van der Waals surface area contributed by atoms with Crippen molar-refractivity contribution in [1.29, 1.82) is 0 Å². The highest BCUT2D eigenvalue weighted by atomic mass is 31.2. The number of anilines is 1. The van der Waals surface area contributed by atoms with Crippen molar-refractivity contribution in [1.82, 2.24) is 19.5 Å². The Morgan fingerprint density at radius 1 is 1.36 bits per heavy atom. The van der Waals surface area contributed by atoms with Gasteiger partial charge in [-0.1, -0.05) is 0 Å². The Bertz CT molecular complexity index is 824. The van der Waals surface area contributed by atoms with Crippen LogP contribution in [0.5, 0.6) is 6.01 Å². The number of hydrogen-bond acceptors (Lipinski definition) is 9. The normalized spacial score (nSPS) is 27.1. The second-order valence-corrected chi connectivity index (χ2v) is 7.40. The van der Waals surface area contributed by atoms with E-state index < -0.39 is 38.3 Å². The molecule has 1 aliphatic heterocycles. The van der Waals surface area contributed by atoms with Gasteiger partial charge in [0, 0.05) is 0 Å². The second-order valence-electron chi connectivity index (χ2n) is 5.62. The van der Waals surface area contributed by atoms with Gasteiger partial charge < -0.3 is 35.2 Å². The van der Waals surface area contributed by atoms with Crippen LogP contribution in [0.4, 0.5) is 5.82 Å². The van der Waals surface area contributed by atoms with Crippen LogP contribution in [0.25, 0.3) is 11.2 Å². The molecule has 2 aromatic rings. The highest BCUT2D eigenvalue weighted by Gasteiger charge is 2.45. The molecule has 0 saturated carbocycles. The van der Waals surface area contributed by atoms with Gasteiger partial charge in [0.15, 0.2) is 23.2 Å². The summed E-state index contributed by atoms with van der Waals surface area (Å²) in [6.07, 6.45) is -4.24. The average molecular weight is 375 g/mol. The average Bonchev–Trinajstić information content (AvgIpc) is 3.05. The lowest BCUT2D eigenvalue weighted by molar-refractivity contribution is -0.0390. The second kappa shape index (κ2) is 6.48. The zero-order valence-corrected chi connectivity index (χ0v) is 14.0. The standard InChI is InChI=1S/C12H18N5O7P/c1-23-12-16-6-9(13)14-4-15-10(6)17(12)11-8(19)7(18)5(24-11)2-3-25(20,21)22/h4-5,7-8,11,18-19H,2-3H2,1H3,(H2,13,14,15)(H2,20,21,22)/t5-,7-,8-,11-/m1/s1. The van der Waals surface area contributed by atoms with Gasteiger partial charge in [0.25, 0.3) is 0 Å². The molecule has 1 aliphatic rings. The molecule has 0 spiro atoms. The maximum Gasteiger partial charge on any atom is 0.325 e. The molecule has 12 nitrogen and oxygen atoms in total. The Kier molecular flexibility index (Phi) is 4.66. The maximum atomic E-state index is 11.0. The molecule has 25 heavy (non-hydrogen) atoms. The Morgan fingerprint density at radius 3 is 2.72 bits per heavy atom. The molecule has 0 unspecified atom stereocenters. The van der Waals surface area contributed by atoms with Gasteiger partial charge in [0.1, 0.15) is 18.5 Å². The van der Waals surface area contributed by atoms with Crippen LogP contribution >= 0.6 is 7.60 Å². The van der Waals surface area contributed by atoms with Gasteiger partial charge in [-0.15, -0.1) is 0 Å². The van der Waals surface area contributed by atoms with Gasteiger partial charge in [-0.25, -0.2) is 14.5 Å². The van der Waals surface area contributed by atoms with Crippen LogP contribution in [0.2, 0.25) is 0 Å². The summed E-state index contributed by atoms with van der Waals surface area (Å²) in [5.74, 6) is 0.105. The monoisotopic (exact) mass is 375 g/mol. The van der Waals surface area contributed by atoms with E-state index in [4.69, 9.17) is 25.0 Å². The van der Waals surface area contributed by atoms with Crippen LogP contribution in [-0.4, -0.2) is 71.1 Å². The molecular weight excluding hydrogens is 357 g/mol. The number of nitrogens with two attached hydrogens (primary N) is 1. The van der Waals surface area contributed by atoms with E-state index in [0.717, 1.165) is 0 Å². The minimum atomic E-state index is -4.26. The Morgan fingerprint density at radius 2 is 2.08 bits per heavy atom. The molecule has 2 aromatic heterocycles. The summed E-state index contributed by atoms with van der Waals surface area (Å²) in [4.78, 5) is 30.0. The molecule has 3 heterocycles. The molecule has 0 radical (unpaired) electrons. The van der Waals surface area contributed by atoms with Crippen molar-refractivity contribution in [3.05, 3.63) is 6.33 Å². The largest absolute Gasteiger partial charge is 0.468 e. The summed E-state index contributed by atoms with van der Waals surface area (Å²) >= 11 is 0. The van der Waals surface area contributed by atoms with E-state index in [0.29, 0.717) is 0 Å². The summed E-state index contributed by atoms with van der Waals surface area (Å²) in [7, 11) is -2.91. The number of aliphatic hydroxyl groups is 2. The van der Waals surface area contributed by atoms with Crippen molar-refractivity contribution in [2.75, 3.05) is 19.0 Å². The van der Waals surface area contributed by atoms with Crippen LogP contribution in [0, 0.1) is 0 Å². The van der Waals surface area contributed by atoms with Crippen molar-refractivity contribution < 1.29 is 34.0 Å². The SMILES string of the molecule is COc1nc2c(N)ncnc2n1[C@@H]1O[C@H](CCP(=O)(O)O)[C@@H](O)[C@H]1O. The molecule has 0 bridgehead atoms. The molecule has 0 aliphatic carbocycles. The van der Waals surface area contributed by atoms with Crippen LogP contribution < -0.4 is 10.5 Å². The number of ether oxygens (including phenoxy) is 2. The van der Waals surface area contributed by atoms with Crippen molar-refractivity contribution >= 4 is 24.6 Å². The molecular formula is C12H18N5O7P. The Balaban J connectivity index is 1.95. The fourth-order valence-corrected chi connectivity index (χ4v) is 3.35. The number of hydrogen-bond donors (Lipinski definition) is 5. The number of nitrogens with zero attached hydrogens (tertiary/aromatic N) is 4. The first kappa shape index (κ1) is 18.0. The lowest BCUT2D eigenvalue weighted by Crippen LogP contribution is -2.32. The van der Waals surface area contributed by atoms with Gasteiger partial charge in [0.2, 0.25) is 0 Å². The summed E-state index contributed by atoms with van der Waals surface area (Å²) < 4.78 is 23.1. The molecule has 6 N–H and O–H groups in total. The van der Waals surface area contributed by atoms with Crippen molar-refractivity contribution in [2.24, 2.45) is 0 Å². The third-order valence-corrected chi connectivity index (χ3v) is 4.79. The highest BCUT2D eigenvalue weighted by Crippen LogP contribution is 2.40. The first-order valence-electron chi connectivity index (χ1n) is 7.31. The van der Waals surface area contributed by atoms with Gasteiger partial charge in [-0.3, -0.25) is 4.57 Å². The highest BCUT2D eigenvalue weighted by molar-refractivity contribution is 7.51. The first-order valence-corrected chi connectivity index (χ1v) is 9.11. The zero-order chi connectivity index (χ0) is 18.4. The van der Waals surface area contributed by atoms with Crippen LogP contribution in [0.1, 0.15) is 12.6 Å². The number of imidazole rings is 1. The quantitative estimate of drug-likeness (QED) is 0.387. The number of aromatic nitrogens is 4. The number of rotatable bonds is 5. The lowest BCUT2D eigenvalue weighted by Gasteiger charge is -2.18. The van der Waals surface area contributed by atoms with Crippen LogP contribution in [-0.2, 0) is 9.30 Å². The van der Waals surface area contributed by atoms with E-state index in [1.165, 1.54) is 18.0 Å². The van der Waals surface area contributed by atoms with E-state index >= 15 is 0 Å². The van der Waals surface area contributed by atoms with Crippen molar-refractivity contribution in [3.63, 3.8) is 0 Å². The predicted octanol–water partition coefficient (Wildman–Crippen LogP) is -1.40. The van der Waals surface area contributed by atoms with E-state index in [1.54, 1.807) is 0 Å². The van der Waals surface area contributed by atoms with Gasteiger partial charge >= 0.3 is 13.6 Å². The Hall–Kier alpha value is -1.82. The maximum absolute atomic E-state index is 11.0. The minimum absolute atomic E-state index is 0.0362. The first-order chi connectivity index (χ1) is 11.7. The van der Waals surface area contributed by atoms with E-state index in [-0.39, 0.29) is 29.4 Å². The molecule has 0 aromatic carbocycles. The lowest BCUT2D eigenvalue weighted by atomic mass is 10.1. The number of aliphatic hydroxyl groups excluding tert-OH is 2. The summed E-state index contributed by atoms with van der Waals surface area (Å²) in [5.41, 5.74) is 6.23. The Labute approximate surface area is 141 Å². The molecule has 4 atom stereocenters. The molecule has 3 rings (SSSR count). The van der Waals surface area contributed by atoms with Crippen molar-refractivity contribution in [2.45, 2.75) is 31.0 Å². The third-order valence-electron chi connectivity index (χ3n) is 3.95.